The summed E-state index contributed by atoms with van der Waals surface area (Å²) in [6.07, 6.45) is 6.45. The van der Waals surface area contributed by atoms with Crippen LogP contribution in [0.25, 0.3) is 0 Å². The number of aliphatic hydroxyl groups is 2. The Morgan fingerprint density at radius 3 is 2.12 bits per heavy atom. The number of aliphatic hydroxyl groups excluding tert-OH is 2. The van der Waals surface area contributed by atoms with E-state index in [0.29, 0.717) is 29.1 Å². The van der Waals surface area contributed by atoms with Gasteiger partial charge in [0.25, 0.3) is 0 Å². The lowest BCUT2D eigenvalue weighted by molar-refractivity contribution is -0.128. The molecule has 1 amide bonds. The number of aliphatic imine (C=N–C) groups is 1. The van der Waals surface area contributed by atoms with Crippen LogP contribution in [0.5, 0.6) is 5.88 Å². The highest BCUT2D eigenvalue weighted by atomic mass is 16.5. The van der Waals surface area contributed by atoms with E-state index in [1.165, 1.54) is 55.9 Å². The molecule has 1 aromatic carbocycles. The van der Waals surface area contributed by atoms with E-state index in [9.17, 15) is 4.79 Å². The molecule has 2 unspecified atom stereocenters. The highest BCUT2D eigenvalue weighted by molar-refractivity contribution is 6.09. The van der Waals surface area contributed by atoms with E-state index in [-0.39, 0.29) is 19.0 Å². The molecule has 3 aliphatic rings. The SMILES string of the molecule is CC(=O)N1CC(O)C(O)C1.CCC(C)C.Cc1nc(N)c2c(n1)OC(C)(C)C(c1ccc(C3CCCCC3)cc1)=N2. The van der Waals surface area contributed by atoms with Crippen molar-refractivity contribution in [2.24, 2.45) is 10.9 Å². The van der Waals surface area contributed by atoms with E-state index >= 15 is 0 Å². The summed E-state index contributed by atoms with van der Waals surface area (Å²) in [6.45, 7) is 14.4. The fraction of sp³-hybridized carbons (Fsp3) is 0.625. The number of fused-ring (bicyclic) bond motifs is 1. The molecule has 2 aromatic rings. The zero-order valence-electron chi connectivity index (χ0n) is 25.9. The van der Waals surface area contributed by atoms with E-state index in [1.54, 1.807) is 6.92 Å². The lowest BCUT2D eigenvalue weighted by Crippen LogP contribution is -2.41. The fourth-order valence-corrected chi connectivity index (χ4v) is 5.06. The van der Waals surface area contributed by atoms with Gasteiger partial charge in [-0.3, -0.25) is 4.79 Å². The van der Waals surface area contributed by atoms with Gasteiger partial charge in [-0.05, 0) is 51.0 Å². The number of hydrogen-bond acceptors (Lipinski definition) is 8. The average Bonchev–Trinajstić information content (AvgIpc) is 3.27. The number of β-amino-alcohol motifs (C(OH)–C–C–N with tert-alkyl or cyclic N) is 2. The van der Waals surface area contributed by atoms with Crippen LogP contribution in [-0.2, 0) is 4.79 Å². The summed E-state index contributed by atoms with van der Waals surface area (Å²) >= 11 is 0. The Bertz CT molecular complexity index is 1180. The lowest BCUT2D eigenvalue weighted by atomic mass is 9.83. The summed E-state index contributed by atoms with van der Waals surface area (Å²) in [5.74, 6) is 2.89. The van der Waals surface area contributed by atoms with E-state index in [1.807, 2.05) is 13.8 Å². The molecule has 226 valence electrons. The third kappa shape index (κ3) is 8.72. The molecule has 3 heterocycles. The van der Waals surface area contributed by atoms with Crippen molar-refractivity contribution in [3.8, 4) is 5.88 Å². The quantitative estimate of drug-likeness (QED) is 0.456. The van der Waals surface area contributed by atoms with Crippen molar-refractivity contribution in [3.05, 3.63) is 41.2 Å². The maximum atomic E-state index is 10.6. The van der Waals surface area contributed by atoms with Crippen LogP contribution in [0.3, 0.4) is 0 Å². The van der Waals surface area contributed by atoms with Crippen molar-refractivity contribution in [1.29, 1.82) is 0 Å². The number of nitrogens with zero attached hydrogens (tertiary/aromatic N) is 4. The van der Waals surface area contributed by atoms with Crippen LogP contribution >= 0.6 is 0 Å². The molecule has 5 rings (SSSR count). The van der Waals surface area contributed by atoms with E-state index in [2.05, 4.69) is 55.0 Å². The largest absolute Gasteiger partial charge is 0.463 e. The van der Waals surface area contributed by atoms with Crippen LogP contribution < -0.4 is 10.5 Å². The van der Waals surface area contributed by atoms with Gasteiger partial charge in [-0.1, -0.05) is 70.7 Å². The Morgan fingerprint density at radius 2 is 1.63 bits per heavy atom. The number of aryl methyl sites for hydroxylation is 1. The molecule has 0 radical (unpaired) electrons. The molecule has 2 fully saturated rings. The Hall–Kier alpha value is -3.04. The highest BCUT2D eigenvalue weighted by Crippen LogP contribution is 2.40. The molecule has 0 bridgehead atoms. The fourth-order valence-electron chi connectivity index (χ4n) is 5.06. The summed E-state index contributed by atoms with van der Waals surface area (Å²) in [5, 5.41) is 17.9. The van der Waals surface area contributed by atoms with Crippen LogP contribution in [-0.4, -0.2) is 67.6 Å². The predicted molar refractivity (Wildman–Crippen MR) is 164 cm³/mol. The van der Waals surface area contributed by atoms with Gasteiger partial charge in [-0.15, -0.1) is 0 Å². The number of benzene rings is 1. The number of carbonyl (C=O) groups excluding carboxylic acids is 1. The minimum absolute atomic E-state index is 0.101. The number of ether oxygens (including phenoxy) is 1. The van der Waals surface area contributed by atoms with Crippen LogP contribution in [0.15, 0.2) is 29.3 Å². The van der Waals surface area contributed by atoms with Gasteiger partial charge in [-0.25, -0.2) is 9.98 Å². The second kappa shape index (κ2) is 14.2. The second-order valence-electron chi connectivity index (χ2n) is 12.2. The summed E-state index contributed by atoms with van der Waals surface area (Å²) in [5.41, 5.74) is 9.36. The van der Waals surface area contributed by atoms with Gasteiger partial charge in [0, 0.05) is 25.6 Å². The molecule has 1 aliphatic carbocycles. The number of amides is 1. The van der Waals surface area contributed by atoms with Gasteiger partial charge >= 0.3 is 0 Å². The normalized spacial score (nSPS) is 21.5. The Labute approximate surface area is 245 Å². The van der Waals surface area contributed by atoms with Gasteiger partial charge < -0.3 is 25.6 Å². The van der Waals surface area contributed by atoms with Gasteiger partial charge in [0.05, 0.1) is 17.9 Å². The first-order valence-corrected chi connectivity index (χ1v) is 15.0. The zero-order chi connectivity index (χ0) is 30.3. The first kappa shape index (κ1) is 32.5. The van der Waals surface area contributed by atoms with E-state index in [0.717, 1.165) is 17.2 Å². The summed E-state index contributed by atoms with van der Waals surface area (Å²) < 4.78 is 6.13. The van der Waals surface area contributed by atoms with Crippen LogP contribution in [0, 0.1) is 12.8 Å². The molecule has 2 atom stereocenters. The van der Waals surface area contributed by atoms with Gasteiger partial charge in [0.1, 0.15) is 11.4 Å². The molecule has 4 N–H and O–H groups in total. The summed E-state index contributed by atoms with van der Waals surface area (Å²) in [7, 11) is 0. The molecule has 9 nitrogen and oxygen atoms in total. The Balaban J connectivity index is 0.000000254. The topological polar surface area (TPSA) is 134 Å². The number of anilines is 1. The predicted octanol–water partition coefficient (Wildman–Crippen LogP) is 5.33. The number of carbonyl (C=O) groups is 1. The first-order valence-electron chi connectivity index (χ1n) is 15.0. The van der Waals surface area contributed by atoms with Crippen molar-refractivity contribution >= 4 is 23.1 Å². The minimum Gasteiger partial charge on any atom is -0.463 e. The lowest BCUT2D eigenvalue weighted by Gasteiger charge is -2.32. The molecule has 1 saturated heterocycles. The number of rotatable bonds is 3. The molecule has 9 heteroatoms. The molecule has 2 aliphatic heterocycles. The second-order valence-corrected chi connectivity index (χ2v) is 12.2. The molecule has 1 saturated carbocycles. The maximum Gasteiger partial charge on any atom is 0.246 e. The zero-order valence-corrected chi connectivity index (χ0v) is 25.9. The maximum absolute atomic E-state index is 10.6. The van der Waals surface area contributed by atoms with Crippen molar-refractivity contribution in [3.63, 3.8) is 0 Å². The summed E-state index contributed by atoms with van der Waals surface area (Å²) in [6, 6.07) is 8.80. The van der Waals surface area contributed by atoms with E-state index < -0.39 is 17.8 Å². The van der Waals surface area contributed by atoms with Crippen LogP contribution in [0.2, 0.25) is 0 Å². The third-order valence-corrected chi connectivity index (χ3v) is 7.92. The number of likely N-dealkylation sites (tertiary alicyclic amines) is 1. The number of hydrogen-bond donors (Lipinski definition) is 3. The number of nitrogen functional groups attached to an aromatic ring is 1. The highest BCUT2D eigenvalue weighted by Gasteiger charge is 2.35. The van der Waals surface area contributed by atoms with Gasteiger partial charge in [0.15, 0.2) is 11.5 Å². The van der Waals surface area contributed by atoms with Crippen molar-refractivity contribution in [1.82, 2.24) is 14.9 Å². The number of nitrogens with two attached hydrogens (primary N) is 1. The van der Waals surface area contributed by atoms with Crippen LogP contribution in [0.4, 0.5) is 11.5 Å². The monoisotopic (exact) mass is 567 g/mol. The molecular formula is C32H49N5O4. The first-order chi connectivity index (χ1) is 19.3. The van der Waals surface area contributed by atoms with Crippen LogP contribution in [0.1, 0.15) is 103 Å². The van der Waals surface area contributed by atoms with E-state index in [4.69, 9.17) is 25.7 Å². The van der Waals surface area contributed by atoms with Gasteiger partial charge in [0.2, 0.25) is 11.8 Å². The Morgan fingerprint density at radius 1 is 1.07 bits per heavy atom. The smallest absolute Gasteiger partial charge is 0.246 e. The minimum atomic E-state index is -0.760. The van der Waals surface area contributed by atoms with Crippen molar-refractivity contribution in [2.75, 3.05) is 18.8 Å². The number of aromatic nitrogens is 2. The van der Waals surface area contributed by atoms with Gasteiger partial charge in [-0.2, -0.15) is 4.98 Å². The standard InChI is InChI=1S/C21H26N4O.C6H11NO3.C5H12/c1-13-23-19(22)17-20(24-13)26-21(2,3)18(25-17)16-11-9-15(10-12-16)14-7-5-4-6-8-14;1-4(8)7-2-5(9)6(10)3-7;1-4-5(2)3/h9-12,14H,4-8H2,1-3H3,(H2,22,23,24);5-6,9-10H,2-3H2,1H3;5H,4H2,1-3H3. The molecule has 1 aromatic heterocycles. The van der Waals surface area contributed by atoms with Crippen molar-refractivity contribution < 1.29 is 19.7 Å². The summed E-state index contributed by atoms with van der Waals surface area (Å²) in [4.78, 5) is 25.4. The molecule has 0 spiro atoms. The third-order valence-electron chi connectivity index (χ3n) is 7.92. The molecular weight excluding hydrogens is 518 g/mol. The Kier molecular flexibility index (Phi) is 11.3. The molecule has 41 heavy (non-hydrogen) atoms. The van der Waals surface area contributed by atoms with Crippen molar-refractivity contribution in [2.45, 2.75) is 111 Å². The average molecular weight is 568 g/mol.